The molecule has 172 valence electrons. The highest BCUT2D eigenvalue weighted by Crippen LogP contribution is 2.50. The summed E-state index contributed by atoms with van der Waals surface area (Å²) in [5.41, 5.74) is 5.57. The number of ether oxygens (including phenoxy) is 5. The van der Waals surface area contributed by atoms with Crippen LogP contribution in [0.5, 0.6) is 0 Å². The number of fused-ring (bicyclic) bond motifs is 2. The van der Waals surface area contributed by atoms with Crippen molar-refractivity contribution in [2.45, 2.75) is 69.7 Å². The number of unbranched alkanes of at least 4 members (excludes halogenated alkanes) is 2. The van der Waals surface area contributed by atoms with Crippen LogP contribution >= 0.6 is 0 Å². The molecule has 2 aliphatic rings. The van der Waals surface area contributed by atoms with Crippen LogP contribution in [0.15, 0.2) is 18.5 Å². The SMILES string of the molecule is CCCCCOC(=O)OC[C@@]1(C#N)O[C@@H](c2ccc3c(N)ncnn23)C2OC(C)(C)OC21. The third-order valence-corrected chi connectivity index (χ3v) is 5.59. The largest absolute Gasteiger partial charge is 0.508 e. The Morgan fingerprint density at radius 1 is 1.28 bits per heavy atom. The smallest absolute Gasteiger partial charge is 0.434 e. The lowest BCUT2D eigenvalue weighted by molar-refractivity contribution is -0.205. The van der Waals surface area contributed by atoms with Crippen LogP contribution in [0.3, 0.4) is 0 Å². The third-order valence-electron chi connectivity index (χ3n) is 5.59. The van der Waals surface area contributed by atoms with Crippen LogP contribution in [-0.4, -0.2) is 57.6 Å². The molecule has 2 aliphatic heterocycles. The number of carbonyl (C=O) groups is 1. The number of rotatable bonds is 7. The van der Waals surface area contributed by atoms with E-state index in [0.717, 1.165) is 19.3 Å². The molecule has 2 unspecified atom stereocenters. The Bertz CT molecular complexity index is 1030. The Hall–Kier alpha value is -2.94. The average molecular weight is 445 g/mol. The minimum absolute atomic E-state index is 0.256. The summed E-state index contributed by atoms with van der Waals surface area (Å²) in [7, 11) is 0. The molecule has 0 aliphatic carbocycles. The maximum Gasteiger partial charge on any atom is 0.508 e. The Balaban J connectivity index is 1.57. The van der Waals surface area contributed by atoms with E-state index < -0.39 is 35.9 Å². The highest BCUT2D eigenvalue weighted by atomic mass is 16.8. The van der Waals surface area contributed by atoms with Gasteiger partial charge in [0.15, 0.2) is 11.6 Å². The zero-order valence-corrected chi connectivity index (χ0v) is 18.3. The van der Waals surface area contributed by atoms with Crippen LogP contribution in [0.2, 0.25) is 0 Å². The van der Waals surface area contributed by atoms with Gasteiger partial charge < -0.3 is 29.4 Å². The number of anilines is 1. The Kier molecular flexibility index (Phi) is 5.94. The van der Waals surface area contributed by atoms with Crippen molar-refractivity contribution >= 4 is 17.5 Å². The van der Waals surface area contributed by atoms with E-state index in [9.17, 15) is 10.1 Å². The summed E-state index contributed by atoms with van der Waals surface area (Å²) in [6.45, 7) is 5.45. The van der Waals surface area contributed by atoms with Crippen LogP contribution in [0, 0.1) is 11.3 Å². The fourth-order valence-electron chi connectivity index (χ4n) is 4.10. The quantitative estimate of drug-likeness (QED) is 0.498. The first-order chi connectivity index (χ1) is 15.3. The maximum atomic E-state index is 12.0. The maximum absolute atomic E-state index is 12.0. The lowest BCUT2D eigenvalue weighted by Crippen LogP contribution is -2.46. The van der Waals surface area contributed by atoms with Crippen LogP contribution < -0.4 is 5.73 Å². The molecule has 0 saturated carbocycles. The Morgan fingerprint density at radius 2 is 2.09 bits per heavy atom. The normalized spacial score (nSPS) is 28.4. The van der Waals surface area contributed by atoms with Crippen molar-refractivity contribution in [3.8, 4) is 6.07 Å². The first-order valence-electron chi connectivity index (χ1n) is 10.6. The molecule has 0 bridgehead atoms. The molecule has 2 aromatic heterocycles. The summed E-state index contributed by atoms with van der Waals surface area (Å²) in [6, 6.07) is 5.69. The van der Waals surface area contributed by atoms with Gasteiger partial charge in [0.2, 0.25) is 5.60 Å². The van der Waals surface area contributed by atoms with Crippen molar-refractivity contribution in [1.29, 1.82) is 5.26 Å². The standard InChI is InChI=1S/C21H27N5O6/c1-4-5-6-9-28-19(27)29-11-21(10-22)17-16(30-20(2,3)32-17)15(31-21)13-7-8-14-18(23)24-12-25-26(13)14/h7-8,12,15-17H,4-6,9,11H2,1-3H3,(H2,23,24,25)/t15-,16?,17?,21+/m0/s1. The van der Waals surface area contributed by atoms with E-state index >= 15 is 0 Å². The first-order valence-corrected chi connectivity index (χ1v) is 10.6. The van der Waals surface area contributed by atoms with E-state index in [0.29, 0.717) is 17.0 Å². The third kappa shape index (κ3) is 3.97. The molecular formula is C21H27N5O6. The molecule has 32 heavy (non-hydrogen) atoms. The summed E-state index contributed by atoms with van der Waals surface area (Å²) in [6.07, 6.45) is 1.02. The number of nitrogens with zero attached hydrogens (tertiary/aromatic N) is 4. The van der Waals surface area contributed by atoms with Gasteiger partial charge in [-0.2, -0.15) is 10.4 Å². The number of nitrogen functional groups attached to an aromatic ring is 1. The number of hydrogen-bond acceptors (Lipinski definition) is 10. The molecule has 2 N–H and O–H groups in total. The van der Waals surface area contributed by atoms with Gasteiger partial charge in [0.25, 0.3) is 0 Å². The minimum Gasteiger partial charge on any atom is -0.434 e. The molecule has 0 aromatic carbocycles. The molecule has 4 atom stereocenters. The van der Waals surface area contributed by atoms with Gasteiger partial charge in [-0.3, -0.25) is 0 Å². The fraction of sp³-hybridized carbons (Fsp3) is 0.619. The lowest BCUT2D eigenvalue weighted by atomic mass is 9.96. The summed E-state index contributed by atoms with van der Waals surface area (Å²) < 4.78 is 30.2. The molecule has 11 heteroatoms. The number of carbonyl (C=O) groups excluding carboxylic acids is 1. The monoisotopic (exact) mass is 445 g/mol. The minimum atomic E-state index is -1.59. The van der Waals surface area contributed by atoms with Crippen LogP contribution in [0.1, 0.15) is 51.8 Å². The Labute approximate surface area is 185 Å². The van der Waals surface area contributed by atoms with Crippen molar-refractivity contribution in [3.63, 3.8) is 0 Å². The van der Waals surface area contributed by atoms with E-state index in [1.165, 1.54) is 6.33 Å². The summed E-state index contributed by atoms with van der Waals surface area (Å²) in [5.74, 6) is -0.647. The van der Waals surface area contributed by atoms with E-state index in [2.05, 4.69) is 23.1 Å². The number of hydrogen-bond donors (Lipinski definition) is 1. The van der Waals surface area contributed by atoms with E-state index in [1.807, 2.05) is 0 Å². The predicted molar refractivity (Wildman–Crippen MR) is 110 cm³/mol. The zero-order valence-electron chi connectivity index (χ0n) is 18.3. The zero-order chi connectivity index (χ0) is 22.9. The fourth-order valence-corrected chi connectivity index (χ4v) is 4.10. The van der Waals surface area contributed by atoms with Gasteiger partial charge >= 0.3 is 6.16 Å². The predicted octanol–water partition coefficient (Wildman–Crippen LogP) is 2.51. The lowest BCUT2D eigenvalue weighted by Gasteiger charge is -2.28. The second kappa shape index (κ2) is 8.54. The summed E-state index contributed by atoms with van der Waals surface area (Å²) >= 11 is 0. The van der Waals surface area contributed by atoms with Gasteiger partial charge in [-0.1, -0.05) is 19.8 Å². The van der Waals surface area contributed by atoms with Crippen molar-refractivity contribution in [1.82, 2.24) is 14.6 Å². The highest BCUT2D eigenvalue weighted by Gasteiger charge is 2.65. The molecule has 4 heterocycles. The van der Waals surface area contributed by atoms with Crippen molar-refractivity contribution in [3.05, 3.63) is 24.2 Å². The molecule has 2 aromatic rings. The van der Waals surface area contributed by atoms with Crippen molar-refractivity contribution in [2.75, 3.05) is 18.9 Å². The molecular weight excluding hydrogens is 418 g/mol. The Morgan fingerprint density at radius 3 is 2.84 bits per heavy atom. The van der Waals surface area contributed by atoms with E-state index in [-0.39, 0.29) is 13.2 Å². The van der Waals surface area contributed by atoms with Crippen LogP contribution in [0.25, 0.3) is 5.52 Å². The topological polar surface area (TPSA) is 143 Å². The second-order valence-corrected chi connectivity index (χ2v) is 8.36. The molecule has 0 spiro atoms. The number of nitrogens with two attached hydrogens (primary N) is 1. The molecule has 4 rings (SSSR count). The summed E-state index contributed by atoms with van der Waals surface area (Å²) in [5, 5.41) is 14.3. The molecule has 0 amide bonds. The van der Waals surface area contributed by atoms with Crippen molar-refractivity contribution in [2.24, 2.45) is 0 Å². The number of nitriles is 1. The molecule has 2 saturated heterocycles. The van der Waals surface area contributed by atoms with Crippen LogP contribution in [-0.2, 0) is 23.7 Å². The summed E-state index contributed by atoms with van der Waals surface area (Å²) in [4.78, 5) is 16.0. The van der Waals surface area contributed by atoms with Crippen LogP contribution in [0.4, 0.5) is 10.6 Å². The second-order valence-electron chi connectivity index (χ2n) is 8.36. The number of aromatic nitrogens is 3. The average Bonchev–Trinajstić information content (AvgIpc) is 3.41. The molecule has 11 nitrogen and oxygen atoms in total. The van der Waals surface area contributed by atoms with Gasteiger partial charge in [-0.05, 0) is 32.4 Å². The van der Waals surface area contributed by atoms with Gasteiger partial charge in [0, 0.05) is 0 Å². The van der Waals surface area contributed by atoms with Gasteiger partial charge in [-0.25, -0.2) is 14.3 Å². The van der Waals surface area contributed by atoms with Gasteiger partial charge in [0.05, 0.1) is 12.3 Å². The molecule has 2 fully saturated rings. The van der Waals surface area contributed by atoms with Gasteiger partial charge in [0.1, 0.15) is 42.8 Å². The highest BCUT2D eigenvalue weighted by molar-refractivity contribution is 5.65. The van der Waals surface area contributed by atoms with E-state index in [4.69, 9.17) is 29.4 Å². The molecule has 0 radical (unpaired) electrons. The first kappa shape index (κ1) is 22.3. The van der Waals surface area contributed by atoms with E-state index in [1.54, 1.807) is 30.5 Å². The van der Waals surface area contributed by atoms with Gasteiger partial charge in [-0.15, -0.1) is 0 Å². The van der Waals surface area contributed by atoms with Crippen molar-refractivity contribution < 1.29 is 28.5 Å².